The van der Waals surface area contributed by atoms with E-state index in [2.05, 4.69) is 29.2 Å². The monoisotopic (exact) mass is 279 g/mol. The van der Waals surface area contributed by atoms with E-state index in [0.29, 0.717) is 12.5 Å². The Kier molecular flexibility index (Phi) is 4.77. The molecule has 0 aliphatic heterocycles. The molecule has 112 valence electrons. The lowest BCUT2D eigenvalue weighted by atomic mass is 10.2. The van der Waals surface area contributed by atoms with E-state index < -0.39 is 0 Å². The van der Waals surface area contributed by atoms with Crippen molar-refractivity contribution in [2.45, 2.75) is 45.6 Å². The summed E-state index contributed by atoms with van der Waals surface area (Å²) in [4.78, 5) is 11.6. The molecule has 1 aromatic heterocycles. The second kappa shape index (κ2) is 6.37. The van der Waals surface area contributed by atoms with Gasteiger partial charge in [0.05, 0.1) is 12.6 Å². The fraction of sp³-hybridized carbons (Fsp3) is 0.714. The summed E-state index contributed by atoms with van der Waals surface area (Å²) in [5, 5.41) is 0. The van der Waals surface area contributed by atoms with Gasteiger partial charge in [0.25, 0.3) is 0 Å². The number of nitrogens with two attached hydrogens (primary N) is 1. The SMILES string of the molecule is CCN(c1nc(C2CC2)nc(NN)c1C)C(C)COC. The highest BCUT2D eigenvalue weighted by atomic mass is 16.5. The van der Waals surface area contributed by atoms with Crippen LogP contribution in [0.4, 0.5) is 11.6 Å². The number of nitrogens with zero attached hydrogens (tertiary/aromatic N) is 3. The maximum Gasteiger partial charge on any atom is 0.148 e. The molecule has 1 aliphatic carbocycles. The zero-order valence-electron chi connectivity index (χ0n) is 12.8. The molecule has 0 radical (unpaired) electrons. The van der Waals surface area contributed by atoms with Gasteiger partial charge in [-0.2, -0.15) is 0 Å². The Bertz CT molecular complexity index is 461. The van der Waals surface area contributed by atoms with Crippen LogP contribution in [0.1, 0.15) is 44.0 Å². The largest absolute Gasteiger partial charge is 0.383 e. The van der Waals surface area contributed by atoms with Crippen molar-refractivity contribution in [3.8, 4) is 0 Å². The Hall–Kier alpha value is -1.40. The average molecular weight is 279 g/mol. The number of hydrogen-bond donors (Lipinski definition) is 2. The summed E-state index contributed by atoms with van der Waals surface area (Å²) in [5.41, 5.74) is 3.69. The Labute approximate surface area is 120 Å². The number of likely N-dealkylation sites (N-methyl/N-ethyl adjacent to an activating group) is 1. The first kappa shape index (κ1) is 15.0. The molecule has 0 saturated heterocycles. The van der Waals surface area contributed by atoms with E-state index in [4.69, 9.17) is 15.6 Å². The fourth-order valence-electron chi connectivity index (χ4n) is 2.47. The highest BCUT2D eigenvalue weighted by molar-refractivity contribution is 5.59. The molecule has 1 unspecified atom stereocenters. The third-order valence-corrected chi connectivity index (χ3v) is 3.77. The van der Waals surface area contributed by atoms with Crippen molar-refractivity contribution in [1.82, 2.24) is 9.97 Å². The zero-order valence-corrected chi connectivity index (χ0v) is 12.8. The lowest BCUT2D eigenvalue weighted by Gasteiger charge is -2.30. The number of methoxy groups -OCH3 is 1. The molecule has 1 aromatic rings. The van der Waals surface area contributed by atoms with Crippen molar-refractivity contribution in [3.05, 3.63) is 11.4 Å². The van der Waals surface area contributed by atoms with Crippen LogP contribution in [0.2, 0.25) is 0 Å². The lowest BCUT2D eigenvalue weighted by Crippen LogP contribution is -2.37. The summed E-state index contributed by atoms with van der Waals surface area (Å²) in [5.74, 6) is 8.69. The third kappa shape index (κ3) is 3.02. The van der Waals surface area contributed by atoms with Crippen molar-refractivity contribution in [2.75, 3.05) is 30.6 Å². The molecule has 1 fully saturated rings. The molecule has 6 heteroatoms. The molecule has 0 aromatic carbocycles. The second-order valence-electron chi connectivity index (χ2n) is 5.39. The van der Waals surface area contributed by atoms with Crippen LogP contribution < -0.4 is 16.2 Å². The quantitative estimate of drug-likeness (QED) is 0.585. The van der Waals surface area contributed by atoms with E-state index in [1.807, 2.05) is 6.92 Å². The van der Waals surface area contributed by atoms with Gasteiger partial charge in [-0.1, -0.05) is 0 Å². The Morgan fingerprint density at radius 1 is 1.45 bits per heavy atom. The molecule has 0 spiro atoms. The first-order valence-corrected chi connectivity index (χ1v) is 7.23. The second-order valence-corrected chi connectivity index (χ2v) is 5.39. The van der Waals surface area contributed by atoms with Crippen LogP contribution in [-0.4, -0.2) is 36.3 Å². The normalized spacial score (nSPS) is 16.1. The number of hydrazine groups is 1. The topological polar surface area (TPSA) is 76.3 Å². The van der Waals surface area contributed by atoms with Gasteiger partial charge in [-0.3, -0.25) is 0 Å². The smallest absolute Gasteiger partial charge is 0.148 e. The number of aromatic nitrogens is 2. The van der Waals surface area contributed by atoms with Crippen molar-refractivity contribution in [3.63, 3.8) is 0 Å². The average Bonchev–Trinajstić information content (AvgIpc) is 3.26. The van der Waals surface area contributed by atoms with Gasteiger partial charge in [0.2, 0.25) is 0 Å². The minimum Gasteiger partial charge on any atom is -0.383 e. The number of nitrogens with one attached hydrogen (secondary N) is 1. The van der Waals surface area contributed by atoms with E-state index in [-0.39, 0.29) is 6.04 Å². The van der Waals surface area contributed by atoms with Gasteiger partial charge in [0.15, 0.2) is 0 Å². The number of hydrogen-bond acceptors (Lipinski definition) is 6. The van der Waals surface area contributed by atoms with Crippen LogP contribution >= 0.6 is 0 Å². The molecule has 1 atom stereocenters. The van der Waals surface area contributed by atoms with Gasteiger partial charge in [0.1, 0.15) is 17.5 Å². The number of ether oxygens (including phenoxy) is 1. The molecule has 6 nitrogen and oxygen atoms in total. The van der Waals surface area contributed by atoms with Crippen LogP contribution in [0.3, 0.4) is 0 Å². The van der Waals surface area contributed by atoms with Gasteiger partial charge in [-0.25, -0.2) is 15.8 Å². The zero-order chi connectivity index (χ0) is 14.7. The summed E-state index contributed by atoms with van der Waals surface area (Å²) in [6, 6.07) is 0.260. The van der Waals surface area contributed by atoms with Gasteiger partial charge in [-0.15, -0.1) is 0 Å². The standard InChI is InChI=1S/C14H25N5O/c1-5-19(9(2)8-20-4)14-10(3)12(18-15)16-13(17-14)11-6-7-11/h9,11H,5-8,15H2,1-4H3,(H,16,17,18). The maximum atomic E-state index is 5.60. The number of rotatable bonds is 7. The highest BCUT2D eigenvalue weighted by Gasteiger charge is 2.29. The Morgan fingerprint density at radius 2 is 2.15 bits per heavy atom. The summed E-state index contributed by atoms with van der Waals surface area (Å²) in [6.45, 7) is 7.81. The lowest BCUT2D eigenvalue weighted by molar-refractivity contribution is 0.181. The minimum absolute atomic E-state index is 0.260. The van der Waals surface area contributed by atoms with Gasteiger partial charge < -0.3 is 15.1 Å². The van der Waals surface area contributed by atoms with Crippen molar-refractivity contribution >= 4 is 11.6 Å². The highest BCUT2D eigenvalue weighted by Crippen LogP contribution is 2.40. The van der Waals surface area contributed by atoms with Gasteiger partial charge in [-0.05, 0) is 33.6 Å². The van der Waals surface area contributed by atoms with E-state index >= 15 is 0 Å². The minimum atomic E-state index is 0.260. The van der Waals surface area contributed by atoms with E-state index in [1.165, 1.54) is 12.8 Å². The molecule has 2 rings (SSSR count). The van der Waals surface area contributed by atoms with E-state index in [1.54, 1.807) is 7.11 Å². The summed E-state index contributed by atoms with van der Waals surface area (Å²) >= 11 is 0. The molecule has 1 aliphatic rings. The van der Waals surface area contributed by atoms with Crippen LogP contribution in [0, 0.1) is 6.92 Å². The third-order valence-electron chi connectivity index (χ3n) is 3.77. The van der Waals surface area contributed by atoms with Crippen LogP contribution in [-0.2, 0) is 4.74 Å². The molecule has 20 heavy (non-hydrogen) atoms. The number of nitrogen functional groups attached to an aromatic ring is 1. The Balaban J connectivity index is 2.38. The predicted molar refractivity (Wildman–Crippen MR) is 80.9 cm³/mol. The maximum absolute atomic E-state index is 5.60. The van der Waals surface area contributed by atoms with Crippen LogP contribution in [0.5, 0.6) is 0 Å². The fourth-order valence-corrected chi connectivity index (χ4v) is 2.47. The molecule has 3 N–H and O–H groups in total. The summed E-state index contributed by atoms with van der Waals surface area (Å²) in [7, 11) is 1.72. The Morgan fingerprint density at radius 3 is 2.65 bits per heavy atom. The molecule has 1 heterocycles. The van der Waals surface area contributed by atoms with Crippen molar-refractivity contribution < 1.29 is 4.74 Å². The van der Waals surface area contributed by atoms with Gasteiger partial charge in [0, 0.05) is 25.1 Å². The molecule has 1 saturated carbocycles. The van der Waals surface area contributed by atoms with Crippen LogP contribution in [0.25, 0.3) is 0 Å². The molecular formula is C14H25N5O. The van der Waals surface area contributed by atoms with E-state index in [9.17, 15) is 0 Å². The van der Waals surface area contributed by atoms with Crippen LogP contribution in [0.15, 0.2) is 0 Å². The van der Waals surface area contributed by atoms with Crippen molar-refractivity contribution in [1.29, 1.82) is 0 Å². The van der Waals surface area contributed by atoms with E-state index in [0.717, 1.165) is 29.6 Å². The first-order chi connectivity index (χ1) is 9.62. The molecular weight excluding hydrogens is 254 g/mol. The summed E-state index contributed by atoms with van der Waals surface area (Å²) < 4.78 is 5.27. The molecule has 0 amide bonds. The van der Waals surface area contributed by atoms with Crippen molar-refractivity contribution in [2.24, 2.45) is 5.84 Å². The first-order valence-electron chi connectivity index (χ1n) is 7.23. The summed E-state index contributed by atoms with van der Waals surface area (Å²) in [6.07, 6.45) is 2.35. The van der Waals surface area contributed by atoms with Gasteiger partial charge >= 0.3 is 0 Å². The number of anilines is 2. The predicted octanol–water partition coefficient (Wildman–Crippen LogP) is 1.81. The molecule has 0 bridgehead atoms.